The van der Waals surface area contributed by atoms with Crippen LogP contribution in [0.1, 0.15) is 44.6 Å². The van der Waals surface area contributed by atoms with Gasteiger partial charge in [-0.25, -0.2) is 0 Å². The molecule has 1 aliphatic rings. The molecule has 3 unspecified atom stereocenters. The van der Waals surface area contributed by atoms with E-state index in [1.807, 2.05) is 12.4 Å². The molecular weight excluding hydrogens is 258 g/mol. The van der Waals surface area contributed by atoms with Crippen LogP contribution in [0.5, 0.6) is 0 Å². The van der Waals surface area contributed by atoms with E-state index in [2.05, 4.69) is 42.1 Å². The Bertz CT molecular complexity index is 451. The Labute approximate surface area is 129 Å². The zero-order valence-electron chi connectivity index (χ0n) is 13.3. The van der Waals surface area contributed by atoms with Gasteiger partial charge < -0.3 is 4.90 Å². The highest BCUT2D eigenvalue weighted by Gasteiger charge is 2.32. The molecule has 0 aliphatic heterocycles. The summed E-state index contributed by atoms with van der Waals surface area (Å²) in [5, 5.41) is 9.43. The number of rotatable bonds is 6. The Kier molecular flexibility index (Phi) is 6.20. The van der Waals surface area contributed by atoms with Gasteiger partial charge in [0, 0.05) is 25.0 Å². The smallest absolute Gasteiger partial charge is 0.0672 e. The summed E-state index contributed by atoms with van der Waals surface area (Å²) in [7, 11) is 2.19. The number of nitrogens with zero attached hydrogens (tertiary/aromatic N) is 3. The Hall–Kier alpha value is -1.40. The number of hydrogen-bond donors (Lipinski definition) is 0. The normalized spacial score (nSPS) is 25.7. The first-order valence-corrected chi connectivity index (χ1v) is 8.23. The second-order valence-corrected chi connectivity index (χ2v) is 6.36. The molecule has 0 amide bonds. The summed E-state index contributed by atoms with van der Waals surface area (Å²) in [6.07, 6.45) is 10.8. The third-order valence-corrected chi connectivity index (χ3v) is 4.86. The van der Waals surface area contributed by atoms with Gasteiger partial charge in [0.2, 0.25) is 0 Å². The van der Waals surface area contributed by atoms with E-state index in [9.17, 15) is 5.26 Å². The van der Waals surface area contributed by atoms with Crippen LogP contribution in [0.15, 0.2) is 24.5 Å². The molecule has 1 aliphatic carbocycles. The van der Waals surface area contributed by atoms with Crippen molar-refractivity contribution in [1.82, 2.24) is 9.88 Å². The molecule has 0 spiro atoms. The number of likely N-dealkylation sites (N-methyl/N-ethyl adjacent to an activating group) is 1. The highest BCUT2D eigenvalue weighted by molar-refractivity contribution is 5.10. The molecular formula is C18H27N3. The van der Waals surface area contributed by atoms with Gasteiger partial charge >= 0.3 is 0 Å². The molecule has 0 N–H and O–H groups in total. The fourth-order valence-corrected chi connectivity index (χ4v) is 3.56. The first-order valence-electron chi connectivity index (χ1n) is 8.23. The van der Waals surface area contributed by atoms with Crippen molar-refractivity contribution in [3.8, 4) is 6.07 Å². The lowest BCUT2D eigenvalue weighted by atomic mass is 9.76. The number of hydrogen-bond acceptors (Lipinski definition) is 3. The minimum absolute atomic E-state index is 0.209. The molecule has 3 atom stereocenters. The minimum atomic E-state index is 0.209. The first kappa shape index (κ1) is 16.0. The molecule has 114 valence electrons. The standard InChI is InChI=1S/C18H27N3/c1-3-4-16-5-6-17(14-19)18(13-16)21(2)12-9-15-7-10-20-11-8-15/h7-8,10-11,16-18H,3-6,9,12-13H2,1-2H3. The lowest BCUT2D eigenvalue weighted by Gasteiger charge is -2.38. The molecule has 2 rings (SSSR count). The average molecular weight is 285 g/mol. The van der Waals surface area contributed by atoms with E-state index >= 15 is 0 Å². The molecule has 3 nitrogen and oxygen atoms in total. The SMILES string of the molecule is CCCC1CCC(C#N)C(N(C)CCc2ccncc2)C1. The van der Waals surface area contributed by atoms with Crippen molar-refractivity contribution in [3.05, 3.63) is 30.1 Å². The highest BCUT2D eigenvalue weighted by Crippen LogP contribution is 2.34. The molecule has 1 heterocycles. The molecule has 0 aromatic carbocycles. The van der Waals surface area contributed by atoms with Crippen LogP contribution in [0.2, 0.25) is 0 Å². The molecule has 1 aromatic rings. The first-order chi connectivity index (χ1) is 10.2. The van der Waals surface area contributed by atoms with Crippen LogP contribution in [0, 0.1) is 23.2 Å². The maximum absolute atomic E-state index is 9.43. The molecule has 0 saturated heterocycles. The lowest BCUT2D eigenvalue weighted by Crippen LogP contribution is -2.42. The number of pyridine rings is 1. The monoisotopic (exact) mass is 285 g/mol. The molecule has 1 saturated carbocycles. The molecule has 21 heavy (non-hydrogen) atoms. The Morgan fingerprint density at radius 3 is 2.76 bits per heavy atom. The molecule has 0 bridgehead atoms. The molecule has 3 heteroatoms. The van der Waals surface area contributed by atoms with E-state index in [1.54, 1.807) is 0 Å². The molecule has 1 aromatic heterocycles. The van der Waals surface area contributed by atoms with E-state index in [0.717, 1.165) is 25.3 Å². The van der Waals surface area contributed by atoms with Crippen LogP contribution in [0.3, 0.4) is 0 Å². The van der Waals surface area contributed by atoms with Crippen molar-refractivity contribution < 1.29 is 0 Å². The van der Waals surface area contributed by atoms with Gasteiger partial charge in [-0.1, -0.05) is 19.8 Å². The minimum Gasteiger partial charge on any atom is -0.302 e. The summed E-state index contributed by atoms with van der Waals surface area (Å²) in [5.74, 6) is 1.02. The van der Waals surface area contributed by atoms with Crippen LogP contribution in [0.25, 0.3) is 0 Å². The van der Waals surface area contributed by atoms with Crippen molar-refractivity contribution in [3.63, 3.8) is 0 Å². The zero-order chi connectivity index (χ0) is 15.1. The Balaban J connectivity index is 1.91. The van der Waals surface area contributed by atoms with E-state index in [-0.39, 0.29) is 5.92 Å². The van der Waals surface area contributed by atoms with Gasteiger partial charge in [-0.2, -0.15) is 5.26 Å². The fraction of sp³-hybridized carbons (Fsp3) is 0.667. The predicted octanol–water partition coefficient (Wildman–Crippen LogP) is 3.66. The van der Waals surface area contributed by atoms with Crippen LogP contribution in [0.4, 0.5) is 0 Å². The van der Waals surface area contributed by atoms with E-state index in [4.69, 9.17) is 0 Å². The predicted molar refractivity (Wildman–Crippen MR) is 85.7 cm³/mol. The zero-order valence-corrected chi connectivity index (χ0v) is 13.3. The van der Waals surface area contributed by atoms with Gasteiger partial charge in [0.1, 0.15) is 0 Å². The molecule has 0 radical (unpaired) electrons. The Morgan fingerprint density at radius 1 is 1.33 bits per heavy atom. The fourth-order valence-electron chi connectivity index (χ4n) is 3.56. The lowest BCUT2D eigenvalue weighted by molar-refractivity contribution is 0.122. The van der Waals surface area contributed by atoms with Crippen molar-refractivity contribution in [2.24, 2.45) is 11.8 Å². The summed E-state index contributed by atoms with van der Waals surface area (Å²) < 4.78 is 0. The van der Waals surface area contributed by atoms with E-state index in [0.29, 0.717) is 6.04 Å². The second-order valence-electron chi connectivity index (χ2n) is 6.36. The quantitative estimate of drug-likeness (QED) is 0.800. The Morgan fingerprint density at radius 2 is 2.10 bits per heavy atom. The summed E-state index contributed by atoms with van der Waals surface area (Å²) in [4.78, 5) is 6.47. The van der Waals surface area contributed by atoms with Gasteiger partial charge in [-0.05, 0) is 56.3 Å². The molecule has 1 fully saturated rings. The van der Waals surface area contributed by atoms with Crippen LogP contribution >= 0.6 is 0 Å². The third-order valence-electron chi connectivity index (χ3n) is 4.86. The summed E-state index contributed by atoms with van der Waals surface area (Å²) in [6, 6.07) is 7.14. The van der Waals surface area contributed by atoms with Crippen LogP contribution in [-0.2, 0) is 6.42 Å². The van der Waals surface area contributed by atoms with Crippen molar-refractivity contribution in [2.75, 3.05) is 13.6 Å². The maximum Gasteiger partial charge on any atom is 0.0672 e. The summed E-state index contributed by atoms with van der Waals surface area (Å²) in [6.45, 7) is 3.28. The average Bonchev–Trinajstić information content (AvgIpc) is 2.54. The van der Waals surface area contributed by atoms with E-state index in [1.165, 1.54) is 31.2 Å². The second kappa shape index (κ2) is 8.14. The van der Waals surface area contributed by atoms with Gasteiger partial charge in [-0.3, -0.25) is 4.98 Å². The number of aromatic nitrogens is 1. The topological polar surface area (TPSA) is 39.9 Å². The van der Waals surface area contributed by atoms with Crippen LogP contribution in [-0.4, -0.2) is 29.5 Å². The van der Waals surface area contributed by atoms with Crippen molar-refractivity contribution in [2.45, 2.75) is 51.5 Å². The van der Waals surface area contributed by atoms with Gasteiger partial charge in [-0.15, -0.1) is 0 Å². The van der Waals surface area contributed by atoms with Crippen LogP contribution < -0.4 is 0 Å². The summed E-state index contributed by atoms with van der Waals surface area (Å²) in [5.41, 5.74) is 1.33. The number of nitriles is 1. The van der Waals surface area contributed by atoms with Gasteiger partial charge in [0.05, 0.1) is 12.0 Å². The maximum atomic E-state index is 9.43. The van der Waals surface area contributed by atoms with Gasteiger partial charge in [0.15, 0.2) is 0 Å². The van der Waals surface area contributed by atoms with Crippen molar-refractivity contribution >= 4 is 0 Å². The third kappa shape index (κ3) is 4.54. The highest BCUT2D eigenvalue weighted by atomic mass is 15.1. The largest absolute Gasteiger partial charge is 0.302 e. The van der Waals surface area contributed by atoms with E-state index < -0.39 is 0 Å². The van der Waals surface area contributed by atoms with Crippen molar-refractivity contribution in [1.29, 1.82) is 5.26 Å². The summed E-state index contributed by atoms with van der Waals surface area (Å²) >= 11 is 0. The van der Waals surface area contributed by atoms with Gasteiger partial charge in [0.25, 0.3) is 0 Å².